The Balaban J connectivity index is 1.63. The number of fused-ring (bicyclic) bond motifs is 1. The van der Waals surface area contributed by atoms with E-state index in [4.69, 9.17) is 0 Å². The van der Waals surface area contributed by atoms with Crippen molar-refractivity contribution in [3.63, 3.8) is 0 Å². The number of aryl methyl sites for hydroxylation is 2. The number of anilines is 1. The molecule has 0 fully saturated rings. The summed E-state index contributed by atoms with van der Waals surface area (Å²) in [5, 5.41) is 0.933. The first-order valence-electron chi connectivity index (χ1n) is 8.43. The van der Waals surface area contributed by atoms with Crippen LogP contribution in [-0.2, 0) is 10.0 Å². The van der Waals surface area contributed by atoms with E-state index in [1.54, 1.807) is 36.4 Å². The van der Waals surface area contributed by atoms with Crippen molar-refractivity contribution >= 4 is 26.7 Å². The Bertz CT molecular complexity index is 1210. The summed E-state index contributed by atoms with van der Waals surface area (Å²) in [6.07, 6.45) is 1.52. The standard InChI is InChI=1S/C20H18N4O2S/c1-13-3-9-17(10-4-13)27(25,26)24-16-7-5-15(6-8-16)19-18-11-14(2)23-20(18)22-12-21-19/h3-12,24H,1-2H3,(H,21,22,23). The second-order valence-electron chi connectivity index (χ2n) is 6.43. The van der Waals surface area contributed by atoms with E-state index in [2.05, 4.69) is 19.7 Å². The molecule has 0 saturated heterocycles. The molecule has 4 aromatic rings. The van der Waals surface area contributed by atoms with Crippen LogP contribution >= 0.6 is 0 Å². The fraction of sp³-hybridized carbons (Fsp3) is 0.100. The minimum Gasteiger partial charge on any atom is -0.343 e. The third-order valence-corrected chi connectivity index (χ3v) is 5.70. The second-order valence-corrected chi connectivity index (χ2v) is 8.12. The van der Waals surface area contributed by atoms with Crippen LogP contribution in [-0.4, -0.2) is 23.4 Å². The number of benzene rings is 2. The Labute approximate surface area is 157 Å². The first-order valence-corrected chi connectivity index (χ1v) is 9.91. The van der Waals surface area contributed by atoms with Gasteiger partial charge in [-0.3, -0.25) is 4.72 Å². The fourth-order valence-corrected chi connectivity index (χ4v) is 3.99. The van der Waals surface area contributed by atoms with Gasteiger partial charge in [-0.1, -0.05) is 29.8 Å². The molecule has 0 amide bonds. The maximum Gasteiger partial charge on any atom is 0.261 e. The van der Waals surface area contributed by atoms with Crippen LogP contribution in [0.5, 0.6) is 0 Å². The number of hydrogen-bond acceptors (Lipinski definition) is 4. The largest absolute Gasteiger partial charge is 0.343 e. The van der Waals surface area contributed by atoms with Crippen LogP contribution in [0.3, 0.4) is 0 Å². The van der Waals surface area contributed by atoms with Gasteiger partial charge in [0.1, 0.15) is 12.0 Å². The number of hydrogen-bond donors (Lipinski definition) is 2. The van der Waals surface area contributed by atoms with Crippen LogP contribution < -0.4 is 4.72 Å². The molecule has 136 valence electrons. The van der Waals surface area contributed by atoms with E-state index in [9.17, 15) is 8.42 Å². The predicted octanol–water partition coefficient (Wildman–Crippen LogP) is 4.04. The second kappa shape index (κ2) is 6.51. The van der Waals surface area contributed by atoms with Gasteiger partial charge in [-0.25, -0.2) is 18.4 Å². The summed E-state index contributed by atoms with van der Waals surface area (Å²) in [5.74, 6) is 0. The molecule has 0 aliphatic carbocycles. The van der Waals surface area contributed by atoms with Crippen molar-refractivity contribution in [2.45, 2.75) is 18.7 Å². The zero-order chi connectivity index (χ0) is 19.0. The molecule has 6 nitrogen and oxygen atoms in total. The Kier molecular flexibility index (Phi) is 4.16. The van der Waals surface area contributed by atoms with Gasteiger partial charge in [0.2, 0.25) is 0 Å². The van der Waals surface area contributed by atoms with Crippen molar-refractivity contribution in [3.8, 4) is 11.3 Å². The van der Waals surface area contributed by atoms with E-state index in [0.717, 1.165) is 33.5 Å². The molecular weight excluding hydrogens is 360 g/mol. The summed E-state index contributed by atoms with van der Waals surface area (Å²) in [5.41, 5.74) is 4.98. The minimum absolute atomic E-state index is 0.234. The molecule has 0 radical (unpaired) electrons. The van der Waals surface area contributed by atoms with E-state index < -0.39 is 10.0 Å². The fourth-order valence-electron chi connectivity index (χ4n) is 2.93. The molecule has 2 aromatic heterocycles. The molecule has 4 rings (SSSR count). The SMILES string of the molecule is Cc1ccc(S(=O)(=O)Nc2ccc(-c3ncnc4[nH]c(C)cc34)cc2)cc1. The smallest absolute Gasteiger partial charge is 0.261 e. The number of aromatic amines is 1. The highest BCUT2D eigenvalue weighted by Gasteiger charge is 2.14. The number of H-pyrrole nitrogens is 1. The number of rotatable bonds is 4. The monoisotopic (exact) mass is 378 g/mol. The summed E-state index contributed by atoms with van der Waals surface area (Å²) in [7, 11) is -3.62. The van der Waals surface area contributed by atoms with Gasteiger partial charge in [0, 0.05) is 22.3 Å². The van der Waals surface area contributed by atoms with E-state index in [-0.39, 0.29) is 4.90 Å². The average molecular weight is 378 g/mol. The summed E-state index contributed by atoms with van der Waals surface area (Å²) in [4.78, 5) is 12.0. The molecule has 0 spiro atoms. The van der Waals surface area contributed by atoms with E-state index in [1.165, 1.54) is 6.33 Å². The first kappa shape index (κ1) is 17.2. The zero-order valence-corrected chi connectivity index (χ0v) is 15.7. The Hall–Kier alpha value is -3.19. The number of sulfonamides is 1. The van der Waals surface area contributed by atoms with Gasteiger partial charge >= 0.3 is 0 Å². The van der Waals surface area contributed by atoms with Crippen LogP contribution in [0.4, 0.5) is 5.69 Å². The minimum atomic E-state index is -3.62. The van der Waals surface area contributed by atoms with Gasteiger partial charge in [-0.2, -0.15) is 0 Å². The molecule has 0 atom stereocenters. The van der Waals surface area contributed by atoms with Gasteiger partial charge < -0.3 is 4.98 Å². The van der Waals surface area contributed by atoms with Gasteiger partial charge in [0.15, 0.2) is 0 Å². The normalized spacial score (nSPS) is 11.6. The van der Waals surface area contributed by atoms with Gasteiger partial charge in [0.25, 0.3) is 10.0 Å². The van der Waals surface area contributed by atoms with Gasteiger partial charge in [-0.05, 0) is 44.2 Å². The van der Waals surface area contributed by atoms with E-state index >= 15 is 0 Å². The molecule has 0 bridgehead atoms. The third kappa shape index (κ3) is 3.41. The summed E-state index contributed by atoms with van der Waals surface area (Å²) in [6, 6.07) is 15.9. The van der Waals surface area contributed by atoms with Crippen LogP contribution in [0, 0.1) is 13.8 Å². The van der Waals surface area contributed by atoms with Crippen molar-refractivity contribution in [2.75, 3.05) is 4.72 Å². The van der Waals surface area contributed by atoms with Crippen molar-refractivity contribution in [2.24, 2.45) is 0 Å². The molecule has 0 aliphatic rings. The molecule has 2 N–H and O–H groups in total. The molecule has 7 heteroatoms. The molecular formula is C20H18N4O2S. The van der Waals surface area contributed by atoms with E-state index in [1.807, 2.05) is 32.0 Å². The Morgan fingerprint density at radius 2 is 1.63 bits per heavy atom. The Morgan fingerprint density at radius 1 is 0.926 bits per heavy atom. The highest BCUT2D eigenvalue weighted by Crippen LogP contribution is 2.27. The van der Waals surface area contributed by atoms with Crippen molar-refractivity contribution in [3.05, 3.63) is 72.2 Å². The van der Waals surface area contributed by atoms with Gasteiger partial charge in [0.05, 0.1) is 10.6 Å². The topological polar surface area (TPSA) is 87.7 Å². The highest BCUT2D eigenvalue weighted by atomic mass is 32.2. The van der Waals surface area contributed by atoms with Crippen LogP contribution in [0.15, 0.2) is 65.8 Å². The maximum atomic E-state index is 12.5. The summed E-state index contributed by atoms with van der Waals surface area (Å²) < 4.78 is 27.6. The van der Waals surface area contributed by atoms with Crippen LogP contribution in [0.2, 0.25) is 0 Å². The van der Waals surface area contributed by atoms with Crippen molar-refractivity contribution in [1.29, 1.82) is 0 Å². The number of nitrogens with one attached hydrogen (secondary N) is 2. The lowest BCUT2D eigenvalue weighted by Crippen LogP contribution is -2.12. The summed E-state index contributed by atoms with van der Waals surface area (Å²) >= 11 is 0. The quantitative estimate of drug-likeness (QED) is 0.561. The van der Waals surface area contributed by atoms with Crippen LogP contribution in [0.25, 0.3) is 22.3 Å². The maximum absolute atomic E-state index is 12.5. The summed E-state index contributed by atoms with van der Waals surface area (Å²) in [6.45, 7) is 3.88. The predicted molar refractivity (Wildman–Crippen MR) is 106 cm³/mol. The molecule has 2 heterocycles. The zero-order valence-electron chi connectivity index (χ0n) is 14.9. The van der Waals surface area contributed by atoms with Crippen molar-refractivity contribution in [1.82, 2.24) is 15.0 Å². The lowest BCUT2D eigenvalue weighted by atomic mass is 10.1. The first-order chi connectivity index (χ1) is 12.9. The Morgan fingerprint density at radius 3 is 2.33 bits per heavy atom. The molecule has 2 aromatic carbocycles. The van der Waals surface area contributed by atoms with Crippen LogP contribution in [0.1, 0.15) is 11.3 Å². The number of aromatic nitrogens is 3. The third-order valence-electron chi connectivity index (χ3n) is 4.30. The lowest BCUT2D eigenvalue weighted by molar-refractivity contribution is 0.601. The lowest BCUT2D eigenvalue weighted by Gasteiger charge is -2.09. The number of nitrogens with zero attached hydrogens (tertiary/aromatic N) is 2. The molecule has 0 aliphatic heterocycles. The molecule has 27 heavy (non-hydrogen) atoms. The van der Waals surface area contributed by atoms with Gasteiger partial charge in [-0.15, -0.1) is 0 Å². The molecule has 0 saturated carbocycles. The highest BCUT2D eigenvalue weighted by molar-refractivity contribution is 7.92. The average Bonchev–Trinajstić information content (AvgIpc) is 3.02. The molecule has 0 unspecified atom stereocenters. The van der Waals surface area contributed by atoms with E-state index in [0.29, 0.717) is 5.69 Å². The van der Waals surface area contributed by atoms with Crippen molar-refractivity contribution < 1.29 is 8.42 Å².